The van der Waals surface area contributed by atoms with Gasteiger partial charge in [-0.25, -0.2) is 0 Å². The minimum absolute atomic E-state index is 0.142. The van der Waals surface area contributed by atoms with Crippen LogP contribution in [-0.4, -0.2) is 177 Å². The van der Waals surface area contributed by atoms with Crippen molar-refractivity contribution in [1.82, 2.24) is 0 Å². The molecule has 0 fully saturated rings. The molecule has 0 aliphatic rings. The third kappa shape index (κ3) is 20.1. The van der Waals surface area contributed by atoms with E-state index >= 15 is 0 Å². The molecule has 0 saturated heterocycles. The van der Waals surface area contributed by atoms with Gasteiger partial charge in [-0.05, 0) is 220 Å². The van der Waals surface area contributed by atoms with Crippen LogP contribution in [0, 0.1) is 86.6 Å². The van der Waals surface area contributed by atoms with E-state index in [1.165, 1.54) is 13.8 Å². The molecular weight excluding hydrogens is 1300 g/mol. The van der Waals surface area contributed by atoms with Crippen LogP contribution in [0.5, 0.6) is 0 Å². The average Bonchev–Trinajstić information content (AvgIpc) is 0.766. The Morgan fingerprint density at radius 2 is 0.235 bits per heavy atom. The topological polar surface area (TPSA) is 597 Å². The summed E-state index contributed by atoms with van der Waals surface area (Å²) in [6, 6.07) is 0. The van der Waals surface area contributed by atoms with Crippen molar-refractivity contribution in [3.63, 3.8) is 0 Å². The predicted octanol–water partition coefficient (Wildman–Crippen LogP) is 8.72. The van der Waals surface area contributed by atoms with Crippen LogP contribution in [0.25, 0.3) is 0 Å². The van der Waals surface area contributed by atoms with Crippen molar-refractivity contribution in [3.8, 4) is 0 Å². The van der Waals surface area contributed by atoms with E-state index in [9.17, 15) is 158 Å². The zero-order valence-corrected chi connectivity index (χ0v) is 59.0. The van der Waals surface area contributed by atoms with E-state index in [0.717, 1.165) is 111 Å². The SMILES string of the molecule is CCC(C)(CC(C)(CC(C)(CC(C)(CC(C)(CC(C)(CC(C)(CC(C)(CC(C)(CC(C)(CC(C)(CC(C)(CC(C)(CC(C)(CC(C)(CC(C)(C)C(=O)O)C(=O)O)C(=O)O)C(=O)O)C(=O)O)C(=O)O)C(=O)O)C(=O)O)C(=O)O)C(=O)O)C(=O)O)C(=O)O)C(=O)O)C(=O)O)C(=O)O)C(=O)O. The third-order valence-corrected chi connectivity index (χ3v) is 20.9. The van der Waals surface area contributed by atoms with E-state index < -0.39 is 278 Å². The van der Waals surface area contributed by atoms with Crippen LogP contribution >= 0.6 is 0 Å². The molecule has 0 bridgehead atoms. The van der Waals surface area contributed by atoms with Gasteiger partial charge in [-0.2, -0.15) is 0 Å². The summed E-state index contributed by atoms with van der Waals surface area (Å²) in [4.78, 5) is 212. The van der Waals surface area contributed by atoms with Gasteiger partial charge < -0.3 is 81.7 Å². The minimum Gasteiger partial charge on any atom is -0.481 e. The Bertz CT molecular complexity index is 3220. The van der Waals surface area contributed by atoms with Crippen LogP contribution in [0.4, 0.5) is 0 Å². The summed E-state index contributed by atoms with van der Waals surface area (Å²) in [5.74, 6) is -29.4. The van der Waals surface area contributed by atoms with Gasteiger partial charge in [-0.3, -0.25) is 76.7 Å². The third-order valence-electron chi connectivity index (χ3n) is 20.9. The Kier molecular flexibility index (Phi) is 27.0. The molecule has 0 radical (unpaired) electrons. The Hall–Kier alpha value is -8.48. The molecule has 32 heteroatoms. The molecule has 15 unspecified atom stereocenters. The van der Waals surface area contributed by atoms with Gasteiger partial charge in [0.2, 0.25) is 0 Å². The van der Waals surface area contributed by atoms with Crippen molar-refractivity contribution in [3.05, 3.63) is 0 Å². The molecule has 0 aromatic rings. The molecule has 0 aliphatic carbocycles. The van der Waals surface area contributed by atoms with Crippen molar-refractivity contribution in [2.24, 2.45) is 86.6 Å². The molecular formula is C66H102O32. The van der Waals surface area contributed by atoms with Gasteiger partial charge in [-0.15, -0.1) is 0 Å². The average molecular weight is 1410 g/mol. The first-order valence-corrected chi connectivity index (χ1v) is 31.0. The Morgan fingerprint density at radius 3 is 0.306 bits per heavy atom. The van der Waals surface area contributed by atoms with Crippen LogP contribution in [0.3, 0.4) is 0 Å². The normalized spacial score (nSPS) is 21.3. The van der Waals surface area contributed by atoms with Crippen molar-refractivity contribution in [1.29, 1.82) is 0 Å². The van der Waals surface area contributed by atoms with Crippen molar-refractivity contribution in [2.45, 2.75) is 227 Å². The molecule has 0 amide bonds. The Balaban J connectivity index is 8.09. The molecule has 0 heterocycles. The van der Waals surface area contributed by atoms with Crippen LogP contribution in [0.1, 0.15) is 227 Å². The van der Waals surface area contributed by atoms with Gasteiger partial charge in [0, 0.05) is 0 Å². The quantitative estimate of drug-likeness (QED) is 0.0271. The number of carbonyl (C=O) groups is 16. The second-order valence-corrected chi connectivity index (χ2v) is 33.2. The fourth-order valence-electron chi connectivity index (χ4n) is 16.5. The summed E-state index contributed by atoms with van der Waals surface area (Å²) in [5, 5.41) is 171. The van der Waals surface area contributed by atoms with Crippen molar-refractivity contribution in [2.75, 3.05) is 0 Å². The first kappa shape index (κ1) is 89.5. The zero-order valence-electron chi connectivity index (χ0n) is 59.0. The van der Waals surface area contributed by atoms with E-state index in [1.807, 2.05) is 0 Å². The molecule has 16 N–H and O–H groups in total. The van der Waals surface area contributed by atoms with E-state index in [-0.39, 0.29) is 6.42 Å². The Labute approximate surface area is 566 Å². The molecule has 0 rings (SSSR count). The van der Waals surface area contributed by atoms with Gasteiger partial charge in [0.05, 0.1) is 86.6 Å². The fourth-order valence-corrected chi connectivity index (χ4v) is 16.5. The number of carboxylic acids is 16. The molecule has 0 aromatic carbocycles. The summed E-state index contributed by atoms with van der Waals surface area (Å²) in [6.07, 6.45) is -16.7. The maximum absolute atomic E-state index is 13.7. The summed E-state index contributed by atoms with van der Waals surface area (Å²) in [7, 11) is 0. The fraction of sp³-hybridized carbons (Fsp3) is 0.758. The lowest BCUT2D eigenvalue weighted by Gasteiger charge is -2.46. The summed E-state index contributed by atoms with van der Waals surface area (Å²) >= 11 is 0. The molecule has 0 aromatic heterocycles. The number of rotatable bonds is 47. The number of carboxylic acid groups (broad SMARTS) is 16. The van der Waals surface area contributed by atoms with Crippen LogP contribution in [0.15, 0.2) is 0 Å². The summed E-state index contributed by atoms with van der Waals surface area (Å²) in [5.41, 5.74) is -39.5. The lowest BCUT2D eigenvalue weighted by Crippen LogP contribution is -2.51. The second-order valence-electron chi connectivity index (χ2n) is 33.2. The van der Waals surface area contributed by atoms with Gasteiger partial charge in [0.25, 0.3) is 0 Å². The van der Waals surface area contributed by atoms with E-state index in [4.69, 9.17) is 0 Å². The summed E-state index contributed by atoms with van der Waals surface area (Å²) in [6.45, 7) is 17.3. The smallest absolute Gasteiger partial charge is 0.309 e. The molecule has 0 saturated carbocycles. The highest BCUT2D eigenvalue weighted by molar-refractivity contribution is 5.88. The lowest BCUT2D eigenvalue weighted by atomic mass is 9.55. The van der Waals surface area contributed by atoms with Crippen molar-refractivity contribution < 1.29 is 158 Å². The molecule has 15 atom stereocenters. The second kappa shape index (κ2) is 29.5. The van der Waals surface area contributed by atoms with E-state index in [1.54, 1.807) is 0 Å². The Morgan fingerprint density at radius 1 is 0.153 bits per heavy atom. The number of hydrogen-bond donors (Lipinski definition) is 16. The maximum Gasteiger partial charge on any atom is 0.309 e. The maximum atomic E-state index is 13.7. The highest BCUT2D eigenvalue weighted by Crippen LogP contribution is 2.59. The molecule has 98 heavy (non-hydrogen) atoms. The van der Waals surface area contributed by atoms with Gasteiger partial charge in [0.15, 0.2) is 0 Å². The number of hydrogen-bond acceptors (Lipinski definition) is 16. The molecule has 32 nitrogen and oxygen atoms in total. The van der Waals surface area contributed by atoms with Gasteiger partial charge >= 0.3 is 95.5 Å². The monoisotopic (exact) mass is 1410 g/mol. The molecule has 558 valence electrons. The standard InChI is InChI=1S/C66H102O32/c1-19-52(4,36(69)70)21-54(6,38(73)74)23-56(8,40(77)78)25-58(10,42(81)82)27-60(12,44(85)86)29-62(14,46(89)90)31-64(16,48(93)94)33-66(18,50(97)98)34-65(17,49(95)96)32-63(15,47(91)92)30-61(13,45(87)88)28-59(11,43(83)84)26-57(9,41(79)80)24-55(7,39(75)76)22-53(5,37(71)72)20-51(2,3)35(67)68/h19-34H2,1-18H3,(H,67,68)(H,69,70)(H,71,72)(H,73,74)(H,75,76)(H,77,78)(H,79,80)(H,81,82)(H,83,84)(H,85,86)(H,87,88)(H,89,90)(H,91,92)(H,93,94)(H,95,96)(H,97,98). The van der Waals surface area contributed by atoms with Crippen LogP contribution in [-0.2, 0) is 76.7 Å². The highest BCUT2D eigenvalue weighted by Gasteiger charge is 2.62. The first-order valence-electron chi connectivity index (χ1n) is 31.0. The summed E-state index contributed by atoms with van der Waals surface area (Å²) < 4.78 is 0. The lowest BCUT2D eigenvalue weighted by molar-refractivity contribution is -0.172. The predicted molar refractivity (Wildman–Crippen MR) is 337 cm³/mol. The van der Waals surface area contributed by atoms with Gasteiger partial charge in [0.1, 0.15) is 0 Å². The minimum atomic E-state index is -2.74. The molecule has 0 aliphatic heterocycles. The molecule has 0 spiro atoms. The largest absolute Gasteiger partial charge is 0.481 e. The number of aliphatic carboxylic acids is 16. The first-order chi connectivity index (χ1) is 43.3. The highest BCUT2D eigenvalue weighted by atomic mass is 16.4. The van der Waals surface area contributed by atoms with Gasteiger partial charge in [-0.1, -0.05) is 6.92 Å². The van der Waals surface area contributed by atoms with E-state index in [0.29, 0.717) is 0 Å². The van der Waals surface area contributed by atoms with Crippen LogP contribution in [0.2, 0.25) is 0 Å². The van der Waals surface area contributed by atoms with Crippen LogP contribution < -0.4 is 0 Å². The van der Waals surface area contributed by atoms with Crippen molar-refractivity contribution >= 4 is 95.5 Å². The van der Waals surface area contributed by atoms with E-state index in [2.05, 4.69) is 0 Å². The zero-order chi connectivity index (χ0) is 78.6.